The number of nitrogens with zero attached hydrogens (tertiary/aromatic N) is 3. The Labute approximate surface area is 169 Å². The number of aromatic nitrogens is 2. The van der Waals surface area contributed by atoms with E-state index in [0.717, 1.165) is 37.1 Å². The van der Waals surface area contributed by atoms with Crippen molar-refractivity contribution in [3.05, 3.63) is 80.6 Å². The fourth-order valence-electron chi connectivity index (χ4n) is 3.99. The molecule has 0 unspecified atom stereocenters. The van der Waals surface area contributed by atoms with Crippen LogP contribution in [0.4, 0.5) is 0 Å². The molecule has 29 heavy (non-hydrogen) atoms. The zero-order valence-corrected chi connectivity index (χ0v) is 17.1. The molecule has 0 N–H and O–H groups in total. The second-order valence-corrected chi connectivity index (χ2v) is 7.62. The number of pyridine rings is 1. The normalized spacial score (nSPS) is 12.8. The van der Waals surface area contributed by atoms with E-state index in [1.165, 1.54) is 16.0 Å². The standard InChI is InChI=1S/C23H25N3O3/c1-4-17-13-18(29-24-17)14-25(3)22(27)21-15(2)11-12-26(23(21)28)20-10-6-8-16-7-5-9-19(16)20/h6,8,10-13H,4-5,7,9,14H2,1-3H3. The van der Waals surface area contributed by atoms with E-state index >= 15 is 0 Å². The molecule has 1 amide bonds. The average Bonchev–Trinajstić information content (AvgIpc) is 3.37. The lowest BCUT2D eigenvalue weighted by atomic mass is 10.1. The number of aryl methyl sites for hydroxylation is 3. The predicted molar refractivity (Wildman–Crippen MR) is 110 cm³/mol. The monoisotopic (exact) mass is 391 g/mol. The van der Waals surface area contributed by atoms with Gasteiger partial charge in [0.2, 0.25) is 0 Å². The third-order valence-corrected chi connectivity index (χ3v) is 5.60. The molecule has 4 rings (SSSR count). The third kappa shape index (κ3) is 3.50. The molecule has 0 aliphatic heterocycles. The van der Waals surface area contributed by atoms with Crippen molar-refractivity contribution in [1.82, 2.24) is 14.6 Å². The summed E-state index contributed by atoms with van der Waals surface area (Å²) < 4.78 is 6.90. The molecule has 150 valence electrons. The lowest BCUT2D eigenvalue weighted by molar-refractivity contribution is 0.0769. The van der Waals surface area contributed by atoms with Crippen LogP contribution in [-0.2, 0) is 25.8 Å². The topological polar surface area (TPSA) is 68.3 Å². The molecule has 1 aromatic carbocycles. The molecule has 0 atom stereocenters. The summed E-state index contributed by atoms with van der Waals surface area (Å²) in [5, 5.41) is 3.96. The smallest absolute Gasteiger partial charge is 0.268 e. The molecule has 1 aliphatic carbocycles. The Morgan fingerprint density at radius 1 is 1.28 bits per heavy atom. The number of fused-ring (bicyclic) bond motifs is 1. The van der Waals surface area contributed by atoms with Gasteiger partial charge in [-0.2, -0.15) is 0 Å². The molecule has 2 heterocycles. The van der Waals surface area contributed by atoms with Crippen LogP contribution in [0.3, 0.4) is 0 Å². The largest absolute Gasteiger partial charge is 0.359 e. The van der Waals surface area contributed by atoms with E-state index in [-0.39, 0.29) is 23.6 Å². The third-order valence-electron chi connectivity index (χ3n) is 5.60. The number of hydrogen-bond acceptors (Lipinski definition) is 4. The maximum atomic E-state index is 13.3. The van der Waals surface area contributed by atoms with Gasteiger partial charge in [-0.15, -0.1) is 0 Å². The molecule has 0 fully saturated rings. The first kappa shape index (κ1) is 19.2. The fourth-order valence-corrected chi connectivity index (χ4v) is 3.99. The zero-order valence-electron chi connectivity index (χ0n) is 17.1. The highest BCUT2D eigenvalue weighted by molar-refractivity contribution is 5.95. The van der Waals surface area contributed by atoms with Crippen LogP contribution in [0.25, 0.3) is 5.69 Å². The van der Waals surface area contributed by atoms with Gasteiger partial charge in [-0.05, 0) is 61.4 Å². The maximum absolute atomic E-state index is 13.3. The van der Waals surface area contributed by atoms with Crippen molar-refractivity contribution >= 4 is 5.91 Å². The summed E-state index contributed by atoms with van der Waals surface area (Å²) in [7, 11) is 1.67. The highest BCUT2D eigenvalue weighted by Gasteiger charge is 2.23. The summed E-state index contributed by atoms with van der Waals surface area (Å²) in [6, 6.07) is 9.73. The molecular weight excluding hydrogens is 366 g/mol. The van der Waals surface area contributed by atoms with E-state index < -0.39 is 0 Å². The minimum Gasteiger partial charge on any atom is -0.359 e. The van der Waals surface area contributed by atoms with E-state index in [9.17, 15) is 9.59 Å². The van der Waals surface area contributed by atoms with Crippen molar-refractivity contribution in [2.75, 3.05) is 7.05 Å². The van der Waals surface area contributed by atoms with Gasteiger partial charge < -0.3 is 9.42 Å². The summed E-state index contributed by atoms with van der Waals surface area (Å²) in [5.74, 6) is 0.288. The van der Waals surface area contributed by atoms with E-state index in [0.29, 0.717) is 11.3 Å². The van der Waals surface area contributed by atoms with Crippen LogP contribution in [0.2, 0.25) is 0 Å². The van der Waals surface area contributed by atoms with Gasteiger partial charge in [0.1, 0.15) is 5.56 Å². The number of benzene rings is 1. The first-order valence-electron chi connectivity index (χ1n) is 10.0. The molecule has 0 saturated carbocycles. The minimum atomic E-state index is -0.316. The van der Waals surface area contributed by atoms with Crippen LogP contribution in [0.5, 0.6) is 0 Å². The summed E-state index contributed by atoms with van der Waals surface area (Å²) in [5.41, 5.74) is 4.80. The van der Waals surface area contributed by atoms with Crippen molar-refractivity contribution in [3.63, 3.8) is 0 Å². The molecule has 6 heteroatoms. The first-order chi connectivity index (χ1) is 14.0. The van der Waals surface area contributed by atoms with Crippen LogP contribution in [0, 0.1) is 6.92 Å². The van der Waals surface area contributed by atoms with Crippen molar-refractivity contribution in [2.24, 2.45) is 0 Å². The van der Waals surface area contributed by atoms with Crippen molar-refractivity contribution < 1.29 is 9.32 Å². The molecule has 0 spiro atoms. The van der Waals surface area contributed by atoms with Crippen molar-refractivity contribution in [1.29, 1.82) is 0 Å². The zero-order chi connectivity index (χ0) is 20.5. The van der Waals surface area contributed by atoms with E-state index in [4.69, 9.17) is 4.52 Å². The highest BCUT2D eigenvalue weighted by atomic mass is 16.5. The number of hydrogen-bond donors (Lipinski definition) is 0. The van der Waals surface area contributed by atoms with Crippen LogP contribution in [0.1, 0.15) is 51.8 Å². The Kier molecular flexibility index (Phi) is 5.09. The van der Waals surface area contributed by atoms with E-state index in [2.05, 4.69) is 11.2 Å². The predicted octanol–water partition coefficient (Wildman–Crippen LogP) is 3.46. The Balaban J connectivity index is 1.69. The first-order valence-corrected chi connectivity index (χ1v) is 10.0. The molecule has 0 bridgehead atoms. The number of carbonyl (C=O) groups excluding carboxylic acids is 1. The van der Waals surface area contributed by atoms with E-state index in [1.54, 1.807) is 24.7 Å². The summed E-state index contributed by atoms with van der Waals surface area (Å²) in [6.45, 7) is 4.05. The minimum absolute atomic E-state index is 0.195. The van der Waals surface area contributed by atoms with Gasteiger partial charge in [0.25, 0.3) is 11.5 Å². The number of rotatable bonds is 5. The number of carbonyl (C=O) groups is 1. The summed E-state index contributed by atoms with van der Waals surface area (Å²) >= 11 is 0. The molecular formula is C23H25N3O3. The van der Waals surface area contributed by atoms with Crippen LogP contribution >= 0.6 is 0 Å². The van der Waals surface area contributed by atoms with Gasteiger partial charge in [0, 0.05) is 19.3 Å². The van der Waals surface area contributed by atoms with Gasteiger partial charge in [-0.25, -0.2) is 0 Å². The van der Waals surface area contributed by atoms with Crippen LogP contribution < -0.4 is 5.56 Å². The van der Waals surface area contributed by atoms with Crippen molar-refractivity contribution in [3.8, 4) is 5.69 Å². The second-order valence-electron chi connectivity index (χ2n) is 7.62. The molecule has 0 saturated heterocycles. The van der Waals surface area contributed by atoms with Crippen LogP contribution in [0.15, 0.2) is 45.8 Å². The SMILES string of the molecule is CCc1cc(CN(C)C(=O)c2c(C)ccn(-c3cccc4c3CCC4)c2=O)on1. The fraction of sp³-hybridized carbons (Fsp3) is 0.348. The number of amides is 1. The maximum Gasteiger partial charge on any atom is 0.268 e. The quantitative estimate of drug-likeness (QED) is 0.668. The molecule has 3 aromatic rings. The van der Waals surface area contributed by atoms with Gasteiger partial charge in [-0.3, -0.25) is 14.2 Å². The van der Waals surface area contributed by atoms with Gasteiger partial charge in [0.15, 0.2) is 5.76 Å². The van der Waals surface area contributed by atoms with Gasteiger partial charge in [0.05, 0.1) is 17.9 Å². The lowest BCUT2D eigenvalue weighted by Crippen LogP contribution is -2.34. The lowest BCUT2D eigenvalue weighted by Gasteiger charge is -2.18. The molecule has 2 aromatic heterocycles. The second kappa shape index (κ2) is 7.70. The van der Waals surface area contributed by atoms with E-state index in [1.807, 2.05) is 31.2 Å². The Hall–Kier alpha value is -3.15. The summed E-state index contributed by atoms with van der Waals surface area (Å²) in [4.78, 5) is 28.0. The van der Waals surface area contributed by atoms with Gasteiger partial charge in [-0.1, -0.05) is 24.2 Å². The van der Waals surface area contributed by atoms with Crippen molar-refractivity contribution in [2.45, 2.75) is 46.1 Å². The Morgan fingerprint density at radius 3 is 2.86 bits per heavy atom. The Morgan fingerprint density at radius 2 is 2.10 bits per heavy atom. The molecule has 6 nitrogen and oxygen atoms in total. The highest BCUT2D eigenvalue weighted by Crippen LogP contribution is 2.27. The van der Waals surface area contributed by atoms with Crippen LogP contribution in [-0.4, -0.2) is 27.6 Å². The average molecular weight is 391 g/mol. The summed E-state index contributed by atoms with van der Waals surface area (Å²) in [6.07, 6.45) is 5.63. The molecule has 1 aliphatic rings. The Bertz CT molecular complexity index is 1130. The van der Waals surface area contributed by atoms with Gasteiger partial charge >= 0.3 is 0 Å². The molecule has 0 radical (unpaired) electrons.